The summed E-state index contributed by atoms with van der Waals surface area (Å²) in [6.07, 6.45) is 0.835. The second-order valence-corrected chi connectivity index (χ2v) is 4.85. The Morgan fingerprint density at radius 3 is 3.00 bits per heavy atom. The molecule has 5 nitrogen and oxygen atoms in total. The maximum Gasteiger partial charge on any atom is 0.303 e. The molecule has 1 aromatic carbocycles. The van der Waals surface area contributed by atoms with Crippen LogP contribution in [0.4, 0.5) is 0 Å². The Bertz CT molecular complexity index is 559. The summed E-state index contributed by atoms with van der Waals surface area (Å²) in [7, 11) is 1.62. The smallest absolute Gasteiger partial charge is 0.303 e. The number of aromatic amines is 1. The largest absolute Gasteiger partial charge is 0.497 e. The summed E-state index contributed by atoms with van der Waals surface area (Å²) in [6.45, 7) is 0. The van der Waals surface area contributed by atoms with Gasteiger partial charge in [-0.1, -0.05) is 11.8 Å². The zero-order valence-electron chi connectivity index (χ0n) is 10.4. The molecule has 0 spiro atoms. The number of nitrogens with one attached hydrogen (secondary N) is 1. The number of nitrogens with zero attached hydrogens (tertiary/aromatic N) is 1. The molecule has 0 aliphatic rings. The van der Waals surface area contributed by atoms with E-state index in [0.29, 0.717) is 6.42 Å². The third kappa shape index (κ3) is 4.43. The van der Waals surface area contributed by atoms with E-state index in [1.807, 2.05) is 18.2 Å². The Hall–Kier alpha value is -1.21. The summed E-state index contributed by atoms with van der Waals surface area (Å²) in [6, 6.07) is 5.65. The minimum absolute atomic E-state index is 0. The SMILES string of the molecule is Br.COc1ccc2nc(SCCCC(=O)O)[nH]c2c1. The summed E-state index contributed by atoms with van der Waals surface area (Å²) in [4.78, 5) is 18.0. The van der Waals surface area contributed by atoms with E-state index >= 15 is 0 Å². The van der Waals surface area contributed by atoms with Crippen molar-refractivity contribution in [3.8, 4) is 5.75 Å². The van der Waals surface area contributed by atoms with Crippen LogP contribution in [0.15, 0.2) is 23.4 Å². The molecule has 2 aromatic rings. The molecule has 0 aliphatic heterocycles. The number of carboxylic acids is 1. The van der Waals surface area contributed by atoms with Gasteiger partial charge in [0.05, 0.1) is 18.1 Å². The molecule has 0 fully saturated rings. The highest BCUT2D eigenvalue weighted by Crippen LogP contribution is 2.23. The molecule has 2 rings (SSSR count). The zero-order chi connectivity index (χ0) is 13.0. The van der Waals surface area contributed by atoms with Crippen LogP contribution in [-0.2, 0) is 4.79 Å². The van der Waals surface area contributed by atoms with Gasteiger partial charge in [-0.25, -0.2) is 4.98 Å². The average Bonchev–Trinajstić information content (AvgIpc) is 2.75. The Labute approximate surface area is 125 Å². The standard InChI is InChI=1S/C12H14N2O3S.BrH/c1-17-8-4-5-9-10(7-8)14-12(13-9)18-6-2-3-11(15)16;/h4-5,7H,2-3,6H2,1H3,(H,13,14)(H,15,16);1H. The quantitative estimate of drug-likeness (QED) is 0.620. The Balaban J connectivity index is 0.00000180. The number of H-pyrrole nitrogens is 1. The molecule has 104 valence electrons. The molecule has 19 heavy (non-hydrogen) atoms. The number of imidazole rings is 1. The highest BCUT2D eigenvalue weighted by Gasteiger charge is 2.05. The molecule has 0 radical (unpaired) electrons. The van der Waals surface area contributed by atoms with Gasteiger partial charge in [0.1, 0.15) is 5.75 Å². The van der Waals surface area contributed by atoms with Crippen LogP contribution in [0.5, 0.6) is 5.75 Å². The van der Waals surface area contributed by atoms with Gasteiger partial charge in [0, 0.05) is 18.2 Å². The zero-order valence-corrected chi connectivity index (χ0v) is 12.9. The number of hydrogen-bond donors (Lipinski definition) is 2. The van der Waals surface area contributed by atoms with E-state index < -0.39 is 5.97 Å². The number of carbonyl (C=O) groups is 1. The third-order valence-corrected chi connectivity index (χ3v) is 3.40. The summed E-state index contributed by atoms with van der Waals surface area (Å²) < 4.78 is 5.14. The molecule has 1 aromatic heterocycles. The highest BCUT2D eigenvalue weighted by atomic mass is 79.9. The first kappa shape index (κ1) is 15.8. The predicted octanol–water partition coefficient (Wildman–Crippen LogP) is 3.11. The highest BCUT2D eigenvalue weighted by molar-refractivity contribution is 8.93. The normalized spacial score (nSPS) is 10.2. The number of ether oxygens (including phenoxy) is 1. The van der Waals surface area contributed by atoms with Gasteiger partial charge in [-0.3, -0.25) is 4.79 Å². The lowest BCUT2D eigenvalue weighted by atomic mass is 10.3. The van der Waals surface area contributed by atoms with Crippen molar-refractivity contribution in [2.75, 3.05) is 12.9 Å². The molecule has 0 atom stereocenters. The molecule has 1 heterocycles. The fourth-order valence-electron chi connectivity index (χ4n) is 1.55. The summed E-state index contributed by atoms with van der Waals surface area (Å²) in [5.41, 5.74) is 1.81. The molecule has 2 N–H and O–H groups in total. The fraction of sp³-hybridized carbons (Fsp3) is 0.333. The van der Waals surface area contributed by atoms with E-state index in [9.17, 15) is 4.79 Å². The molecule has 0 amide bonds. The van der Waals surface area contributed by atoms with Crippen molar-refractivity contribution >= 4 is 45.7 Å². The maximum atomic E-state index is 10.4. The number of aliphatic carboxylic acids is 1. The first-order chi connectivity index (χ1) is 8.69. The van der Waals surface area contributed by atoms with Crippen LogP contribution in [0.3, 0.4) is 0 Å². The van der Waals surface area contributed by atoms with E-state index in [2.05, 4.69) is 9.97 Å². The molecule has 0 aliphatic carbocycles. The van der Waals surface area contributed by atoms with Crippen molar-refractivity contribution in [1.82, 2.24) is 9.97 Å². The van der Waals surface area contributed by atoms with Gasteiger partial charge in [-0.15, -0.1) is 17.0 Å². The van der Waals surface area contributed by atoms with Crippen LogP contribution in [0.2, 0.25) is 0 Å². The predicted molar refractivity (Wildman–Crippen MR) is 80.6 cm³/mol. The lowest BCUT2D eigenvalue weighted by Gasteiger charge is -1.96. The molecular weight excluding hydrogens is 332 g/mol. The van der Waals surface area contributed by atoms with Gasteiger partial charge in [0.2, 0.25) is 0 Å². The Morgan fingerprint density at radius 1 is 1.53 bits per heavy atom. The van der Waals surface area contributed by atoms with E-state index in [1.165, 1.54) is 11.8 Å². The Kier molecular flexibility index (Phi) is 6.17. The molecule has 0 unspecified atom stereocenters. The summed E-state index contributed by atoms with van der Waals surface area (Å²) in [5.74, 6) is 0.766. The summed E-state index contributed by atoms with van der Waals surface area (Å²) >= 11 is 1.53. The minimum Gasteiger partial charge on any atom is -0.497 e. The number of methoxy groups -OCH3 is 1. The average molecular weight is 347 g/mol. The van der Waals surface area contributed by atoms with Crippen molar-refractivity contribution < 1.29 is 14.6 Å². The molecular formula is C12H15BrN2O3S. The lowest BCUT2D eigenvalue weighted by molar-refractivity contribution is -0.137. The number of fused-ring (bicyclic) bond motifs is 1. The molecule has 7 heteroatoms. The van der Waals surface area contributed by atoms with Crippen LogP contribution in [0.25, 0.3) is 11.0 Å². The van der Waals surface area contributed by atoms with Crippen molar-refractivity contribution in [1.29, 1.82) is 0 Å². The van der Waals surface area contributed by atoms with Gasteiger partial charge in [-0.05, 0) is 18.6 Å². The van der Waals surface area contributed by atoms with Crippen LogP contribution >= 0.6 is 28.7 Å². The molecule has 0 bridgehead atoms. The van der Waals surface area contributed by atoms with E-state index in [0.717, 1.165) is 27.7 Å². The van der Waals surface area contributed by atoms with E-state index in [1.54, 1.807) is 7.11 Å². The third-order valence-electron chi connectivity index (χ3n) is 2.44. The summed E-state index contributed by atoms with van der Waals surface area (Å²) in [5, 5.41) is 9.35. The second-order valence-electron chi connectivity index (χ2n) is 3.77. The van der Waals surface area contributed by atoms with Crippen LogP contribution in [0.1, 0.15) is 12.8 Å². The number of thioether (sulfide) groups is 1. The molecule has 0 saturated carbocycles. The number of benzene rings is 1. The van der Waals surface area contributed by atoms with Crippen molar-refractivity contribution in [3.05, 3.63) is 18.2 Å². The van der Waals surface area contributed by atoms with Crippen LogP contribution < -0.4 is 4.74 Å². The van der Waals surface area contributed by atoms with Crippen molar-refractivity contribution in [2.24, 2.45) is 0 Å². The van der Waals surface area contributed by atoms with E-state index in [-0.39, 0.29) is 23.4 Å². The van der Waals surface area contributed by atoms with Crippen molar-refractivity contribution in [2.45, 2.75) is 18.0 Å². The first-order valence-corrected chi connectivity index (χ1v) is 6.56. The van der Waals surface area contributed by atoms with Gasteiger partial charge < -0.3 is 14.8 Å². The number of halogens is 1. The number of rotatable bonds is 6. The number of hydrogen-bond acceptors (Lipinski definition) is 4. The van der Waals surface area contributed by atoms with Gasteiger partial charge in [0.15, 0.2) is 5.16 Å². The maximum absolute atomic E-state index is 10.4. The number of carboxylic acid groups (broad SMARTS) is 1. The van der Waals surface area contributed by atoms with Crippen LogP contribution in [0, 0.1) is 0 Å². The fourth-order valence-corrected chi connectivity index (χ4v) is 2.38. The minimum atomic E-state index is -0.759. The van der Waals surface area contributed by atoms with Crippen molar-refractivity contribution in [3.63, 3.8) is 0 Å². The van der Waals surface area contributed by atoms with Gasteiger partial charge in [-0.2, -0.15) is 0 Å². The monoisotopic (exact) mass is 346 g/mol. The number of aromatic nitrogens is 2. The van der Waals surface area contributed by atoms with E-state index in [4.69, 9.17) is 9.84 Å². The topological polar surface area (TPSA) is 75.2 Å². The second kappa shape index (κ2) is 7.40. The van der Waals surface area contributed by atoms with Gasteiger partial charge >= 0.3 is 5.97 Å². The first-order valence-electron chi connectivity index (χ1n) is 5.57. The molecule has 0 saturated heterocycles. The van der Waals surface area contributed by atoms with Gasteiger partial charge in [0.25, 0.3) is 0 Å². The Morgan fingerprint density at radius 2 is 2.32 bits per heavy atom. The lowest BCUT2D eigenvalue weighted by Crippen LogP contribution is -1.94. The van der Waals surface area contributed by atoms with Crippen LogP contribution in [-0.4, -0.2) is 33.9 Å².